The van der Waals surface area contributed by atoms with Gasteiger partial charge >= 0.3 is 0 Å². The molecule has 5 nitrogen and oxygen atoms in total. The van der Waals surface area contributed by atoms with Gasteiger partial charge in [0.1, 0.15) is 18.2 Å². The number of hydrogen-bond acceptors (Lipinski definition) is 4. The molecule has 1 unspecified atom stereocenters. The molecule has 2 N–H and O–H groups in total. The van der Waals surface area contributed by atoms with Crippen LogP contribution in [0.4, 0.5) is 5.82 Å². The summed E-state index contributed by atoms with van der Waals surface area (Å²) in [6, 6.07) is 9.09. The van der Waals surface area contributed by atoms with Gasteiger partial charge in [-0.05, 0) is 31.4 Å². The summed E-state index contributed by atoms with van der Waals surface area (Å²) in [5.41, 5.74) is 7.22. The Labute approximate surface area is 134 Å². The van der Waals surface area contributed by atoms with Crippen LogP contribution in [0.2, 0.25) is 5.02 Å². The van der Waals surface area contributed by atoms with Crippen LogP contribution >= 0.6 is 11.6 Å². The average Bonchev–Trinajstić information content (AvgIpc) is 2.55. The van der Waals surface area contributed by atoms with Gasteiger partial charge in [-0.25, -0.2) is 9.97 Å². The van der Waals surface area contributed by atoms with Gasteiger partial charge < -0.3 is 10.6 Å². The zero-order valence-electron chi connectivity index (χ0n) is 12.1. The quantitative estimate of drug-likeness (QED) is 0.945. The van der Waals surface area contributed by atoms with Gasteiger partial charge in [0, 0.05) is 23.2 Å². The van der Waals surface area contributed by atoms with E-state index in [1.54, 1.807) is 0 Å². The van der Waals surface area contributed by atoms with Crippen molar-refractivity contribution in [1.29, 1.82) is 0 Å². The third-order valence-corrected chi connectivity index (χ3v) is 4.13. The zero-order valence-corrected chi connectivity index (χ0v) is 12.8. The zero-order chi connectivity index (χ0) is 15.5. The molecule has 114 valence electrons. The number of amides is 1. The summed E-state index contributed by atoms with van der Waals surface area (Å²) < 4.78 is 0. The van der Waals surface area contributed by atoms with Crippen molar-refractivity contribution in [3.05, 3.63) is 41.7 Å². The molecule has 0 aliphatic carbocycles. The highest BCUT2D eigenvalue weighted by Gasteiger charge is 2.28. The molecule has 6 heteroatoms. The summed E-state index contributed by atoms with van der Waals surface area (Å²) in [6.45, 7) is 0.777. The predicted octanol–water partition coefficient (Wildman–Crippen LogP) is 2.64. The SMILES string of the molecule is NC(=O)C1CCCCN1c1cc(-c2cccc(Cl)c2)ncn1. The number of carbonyl (C=O) groups is 1. The molecule has 22 heavy (non-hydrogen) atoms. The second-order valence-corrected chi connectivity index (χ2v) is 5.82. The van der Waals surface area contributed by atoms with Crippen molar-refractivity contribution in [2.75, 3.05) is 11.4 Å². The van der Waals surface area contributed by atoms with Crippen molar-refractivity contribution in [2.45, 2.75) is 25.3 Å². The van der Waals surface area contributed by atoms with Crippen LogP contribution in [0.25, 0.3) is 11.3 Å². The molecule has 1 aliphatic heterocycles. The molecule has 0 bridgehead atoms. The van der Waals surface area contributed by atoms with Crippen molar-refractivity contribution in [3.8, 4) is 11.3 Å². The number of anilines is 1. The van der Waals surface area contributed by atoms with E-state index >= 15 is 0 Å². The molecule has 1 aromatic heterocycles. The highest BCUT2D eigenvalue weighted by Crippen LogP contribution is 2.27. The Morgan fingerprint density at radius 2 is 2.14 bits per heavy atom. The predicted molar refractivity (Wildman–Crippen MR) is 86.7 cm³/mol. The molecule has 2 aromatic rings. The standard InChI is InChI=1S/C16H17ClN4O/c17-12-5-3-4-11(8-12)13-9-15(20-10-19-13)21-7-2-1-6-14(21)16(18)22/h3-5,8-10,14H,1-2,6-7H2,(H2,18,22). The lowest BCUT2D eigenvalue weighted by atomic mass is 10.0. The fourth-order valence-electron chi connectivity index (χ4n) is 2.81. The minimum absolute atomic E-state index is 0.295. The molecule has 1 fully saturated rings. The van der Waals surface area contributed by atoms with E-state index in [-0.39, 0.29) is 11.9 Å². The topological polar surface area (TPSA) is 72.1 Å². The molecule has 0 saturated carbocycles. The fourth-order valence-corrected chi connectivity index (χ4v) is 3.00. The van der Waals surface area contributed by atoms with Gasteiger partial charge in [0.2, 0.25) is 5.91 Å². The average molecular weight is 317 g/mol. The van der Waals surface area contributed by atoms with Crippen molar-refractivity contribution in [3.63, 3.8) is 0 Å². The number of aromatic nitrogens is 2. The number of primary amides is 1. The number of hydrogen-bond donors (Lipinski definition) is 1. The van der Waals surface area contributed by atoms with Gasteiger partial charge in [-0.15, -0.1) is 0 Å². The number of carbonyl (C=O) groups excluding carboxylic acids is 1. The largest absolute Gasteiger partial charge is 0.368 e. The van der Waals surface area contributed by atoms with E-state index in [9.17, 15) is 4.79 Å². The van der Waals surface area contributed by atoms with Crippen LogP contribution in [0, 0.1) is 0 Å². The summed E-state index contributed by atoms with van der Waals surface area (Å²) in [6.07, 6.45) is 4.32. The molecular formula is C16H17ClN4O. The van der Waals surface area contributed by atoms with Crippen molar-refractivity contribution in [2.24, 2.45) is 5.73 Å². The Balaban J connectivity index is 1.95. The van der Waals surface area contributed by atoms with Crippen LogP contribution in [0.3, 0.4) is 0 Å². The van der Waals surface area contributed by atoms with Crippen LogP contribution in [0.15, 0.2) is 36.7 Å². The molecular weight excluding hydrogens is 300 g/mol. The van der Waals surface area contributed by atoms with Crippen molar-refractivity contribution >= 4 is 23.3 Å². The van der Waals surface area contributed by atoms with Gasteiger partial charge in [0.05, 0.1) is 5.69 Å². The first-order chi connectivity index (χ1) is 10.6. The summed E-state index contributed by atoms with van der Waals surface area (Å²) in [5, 5.41) is 0.658. The first kappa shape index (κ1) is 14.8. The summed E-state index contributed by atoms with van der Waals surface area (Å²) in [7, 11) is 0. The number of halogens is 1. The Kier molecular flexibility index (Phi) is 4.24. The van der Waals surface area contributed by atoms with Gasteiger partial charge in [-0.2, -0.15) is 0 Å². The molecule has 2 heterocycles. The lowest BCUT2D eigenvalue weighted by molar-refractivity contribution is -0.119. The van der Waals surface area contributed by atoms with E-state index in [4.69, 9.17) is 17.3 Å². The summed E-state index contributed by atoms with van der Waals surface area (Å²) in [5.74, 6) is 0.427. The van der Waals surface area contributed by atoms with Gasteiger partial charge in [-0.1, -0.05) is 23.7 Å². The van der Waals surface area contributed by atoms with Crippen molar-refractivity contribution < 1.29 is 4.79 Å². The minimum Gasteiger partial charge on any atom is -0.368 e. The van der Waals surface area contributed by atoms with Gasteiger partial charge in [0.15, 0.2) is 0 Å². The van der Waals surface area contributed by atoms with E-state index < -0.39 is 0 Å². The highest BCUT2D eigenvalue weighted by atomic mass is 35.5. The second-order valence-electron chi connectivity index (χ2n) is 5.38. The number of piperidine rings is 1. The lowest BCUT2D eigenvalue weighted by Gasteiger charge is -2.34. The molecule has 1 amide bonds. The van der Waals surface area contributed by atoms with E-state index in [0.29, 0.717) is 5.02 Å². The molecule has 1 atom stereocenters. The van der Waals surface area contributed by atoms with E-state index in [0.717, 1.165) is 42.9 Å². The Morgan fingerprint density at radius 1 is 1.27 bits per heavy atom. The Morgan fingerprint density at radius 3 is 2.91 bits per heavy atom. The summed E-state index contributed by atoms with van der Waals surface area (Å²) in [4.78, 5) is 22.3. The second kappa shape index (κ2) is 6.32. The van der Waals surface area contributed by atoms with Crippen LogP contribution in [-0.4, -0.2) is 28.5 Å². The first-order valence-corrected chi connectivity index (χ1v) is 7.67. The first-order valence-electron chi connectivity index (χ1n) is 7.29. The van der Waals surface area contributed by atoms with Crippen LogP contribution in [0.1, 0.15) is 19.3 Å². The van der Waals surface area contributed by atoms with Crippen molar-refractivity contribution in [1.82, 2.24) is 9.97 Å². The maximum atomic E-state index is 11.7. The molecule has 1 aromatic carbocycles. The summed E-state index contributed by atoms with van der Waals surface area (Å²) >= 11 is 6.03. The number of benzene rings is 1. The number of rotatable bonds is 3. The van der Waals surface area contributed by atoms with E-state index in [1.807, 2.05) is 35.2 Å². The lowest BCUT2D eigenvalue weighted by Crippen LogP contribution is -2.48. The molecule has 0 radical (unpaired) electrons. The van der Waals surface area contributed by atoms with Gasteiger partial charge in [-0.3, -0.25) is 4.79 Å². The normalized spacial score (nSPS) is 18.2. The van der Waals surface area contributed by atoms with Gasteiger partial charge in [0.25, 0.3) is 0 Å². The monoisotopic (exact) mass is 316 g/mol. The number of nitrogens with two attached hydrogens (primary N) is 1. The maximum absolute atomic E-state index is 11.7. The third-order valence-electron chi connectivity index (χ3n) is 3.90. The number of nitrogens with zero attached hydrogens (tertiary/aromatic N) is 3. The van der Waals surface area contributed by atoms with Crippen LogP contribution < -0.4 is 10.6 Å². The molecule has 0 spiro atoms. The van der Waals surface area contributed by atoms with Crippen LogP contribution in [0.5, 0.6) is 0 Å². The molecule has 1 saturated heterocycles. The van der Waals surface area contributed by atoms with Crippen LogP contribution in [-0.2, 0) is 4.79 Å². The molecule has 3 rings (SSSR count). The van der Waals surface area contributed by atoms with E-state index in [2.05, 4.69) is 9.97 Å². The Hall–Kier alpha value is -2.14. The smallest absolute Gasteiger partial charge is 0.240 e. The fraction of sp³-hybridized carbons (Fsp3) is 0.312. The maximum Gasteiger partial charge on any atom is 0.240 e. The molecule has 1 aliphatic rings. The highest BCUT2D eigenvalue weighted by molar-refractivity contribution is 6.30. The van der Waals surface area contributed by atoms with E-state index in [1.165, 1.54) is 6.33 Å². The Bertz CT molecular complexity index is 691. The minimum atomic E-state index is -0.303. The third kappa shape index (κ3) is 3.04.